The van der Waals surface area contributed by atoms with Gasteiger partial charge in [0.25, 0.3) is 0 Å². The van der Waals surface area contributed by atoms with Crippen molar-refractivity contribution in [1.29, 1.82) is 0 Å². The fourth-order valence-corrected chi connectivity index (χ4v) is 5.74. The maximum atomic E-state index is 12.7. The number of esters is 2. The quantitative estimate of drug-likeness (QED) is 0.0349. The van der Waals surface area contributed by atoms with Gasteiger partial charge < -0.3 is 14.2 Å². The van der Waals surface area contributed by atoms with Gasteiger partial charge in [0.15, 0.2) is 6.10 Å². The van der Waals surface area contributed by atoms with Gasteiger partial charge in [-0.3, -0.25) is 9.59 Å². The SMILES string of the molecule is CC/C=C\C/C=C\C/C=C\C/C=C\C/C=C\CCCCOCC(COC(=O)CCCCC/C=C\C/C=C\C/C=C\CC)OC(=O)CCCCC/C=C\C/C=C\C/C=C\CC. The monoisotopic (exact) mass is 827 g/mol. The molecule has 0 N–H and O–H groups in total. The van der Waals surface area contributed by atoms with Crippen LogP contribution in [0.5, 0.6) is 0 Å². The zero-order valence-electron chi connectivity index (χ0n) is 38.4. The molecule has 0 radical (unpaired) electrons. The summed E-state index contributed by atoms with van der Waals surface area (Å²) in [6, 6.07) is 0. The Hall–Kier alpha value is -3.96. The van der Waals surface area contributed by atoms with Crippen LogP contribution in [0.15, 0.2) is 134 Å². The van der Waals surface area contributed by atoms with Gasteiger partial charge in [0.05, 0.1) is 6.61 Å². The van der Waals surface area contributed by atoms with Crippen molar-refractivity contribution in [3.63, 3.8) is 0 Å². The zero-order valence-corrected chi connectivity index (χ0v) is 38.4. The minimum absolute atomic E-state index is 0.0310. The Kier molecular flexibility index (Phi) is 46.1. The van der Waals surface area contributed by atoms with Crippen LogP contribution in [0.1, 0.15) is 175 Å². The molecule has 0 aliphatic heterocycles. The fourth-order valence-electron chi connectivity index (χ4n) is 5.74. The number of rotatable bonds is 41. The third-order valence-corrected chi connectivity index (χ3v) is 9.16. The maximum absolute atomic E-state index is 12.7. The van der Waals surface area contributed by atoms with Gasteiger partial charge >= 0.3 is 11.9 Å². The summed E-state index contributed by atoms with van der Waals surface area (Å²) in [5.74, 6) is -0.504. The van der Waals surface area contributed by atoms with Gasteiger partial charge in [0.2, 0.25) is 0 Å². The van der Waals surface area contributed by atoms with E-state index in [0.29, 0.717) is 19.4 Å². The van der Waals surface area contributed by atoms with Crippen molar-refractivity contribution in [3.8, 4) is 0 Å². The summed E-state index contributed by atoms with van der Waals surface area (Å²) < 4.78 is 17.2. The highest BCUT2D eigenvalue weighted by Gasteiger charge is 2.17. The number of unbranched alkanes of at least 4 members (excludes halogenated alkanes) is 8. The Morgan fingerprint density at radius 2 is 0.700 bits per heavy atom. The molecule has 0 saturated heterocycles. The lowest BCUT2D eigenvalue weighted by Crippen LogP contribution is -2.30. The Labute approximate surface area is 369 Å². The molecule has 0 rings (SSSR count). The molecule has 0 aliphatic rings. The first-order valence-corrected chi connectivity index (χ1v) is 23.7. The molecule has 0 saturated carbocycles. The van der Waals surface area contributed by atoms with Crippen molar-refractivity contribution in [2.75, 3.05) is 19.8 Å². The molecule has 1 atom stereocenters. The van der Waals surface area contributed by atoms with Crippen LogP contribution in [0.3, 0.4) is 0 Å². The van der Waals surface area contributed by atoms with E-state index in [-0.39, 0.29) is 25.2 Å². The molecule has 0 spiro atoms. The standard InChI is InChI=1S/C55H86O5/c1-4-7-10-13-16-19-22-25-26-27-28-29-32-35-38-41-44-47-50-58-51-53(60-55(57)49-46-43-40-37-34-31-24-21-18-15-12-9-6-3)52-59-54(56)48-45-42-39-36-33-30-23-20-17-14-11-8-5-2/h7-12,16-21,25-26,28-31,33-35,38,53H,4-6,13-15,22-24,27,32,36-37,39-52H2,1-3H3/b10-7-,11-8-,12-9-,19-16-,20-17-,21-18-,26-25-,29-28-,33-30-,34-31-,38-35-. The summed E-state index contributed by atoms with van der Waals surface area (Å²) in [5, 5.41) is 0. The molecule has 0 aromatic heterocycles. The summed E-state index contributed by atoms with van der Waals surface area (Å²) in [7, 11) is 0. The average molecular weight is 827 g/mol. The van der Waals surface area contributed by atoms with E-state index in [0.717, 1.165) is 141 Å². The van der Waals surface area contributed by atoms with Crippen LogP contribution in [0.2, 0.25) is 0 Å². The van der Waals surface area contributed by atoms with Gasteiger partial charge in [0, 0.05) is 19.4 Å². The number of carbonyl (C=O) groups excluding carboxylic acids is 2. The molecule has 0 aliphatic carbocycles. The number of hydrogen-bond acceptors (Lipinski definition) is 5. The first-order chi connectivity index (χ1) is 29.6. The minimum Gasteiger partial charge on any atom is -0.462 e. The molecule has 336 valence electrons. The first-order valence-electron chi connectivity index (χ1n) is 23.7. The van der Waals surface area contributed by atoms with Crippen molar-refractivity contribution in [3.05, 3.63) is 134 Å². The second kappa shape index (κ2) is 49.4. The predicted octanol–water partition coefficient (Wildman–Crippen LogP) is 16.0. The summed E-state index contributed by atoms with van der Waals surface area (Å²) in [6.07, 6.45) is 70.4. The van der Waals surface area contributed by atoms with Crippen LogP contribution in [0.25, 0.3) is 0 Å². The summed E-state index contributed by atoms with van der Waals surface area (Å²) >= 11 is 0. The first kappa shape index (κ1) is 56.0. The molecule has 5 nitrogen and oxygen atoms in total. The van der Waals surface area contributed by atoms with Gasteiger partial charge in [-0.15, -0.1) is 0 Å². The zero-order chi connectivity index (χ0) is 43.5. The molecule has 0 fully saturated rings. The second-order valence-corrected chi connectivity index (χ2v) is 14.9. The van der Waals surface area contributed by atoms with Gasteiger partial charge in [0.1, 0.15) is 6.61 Å². The van der Waals surface area contributed by atoms with Crippen LogP contribution in [-0.2, 0) is 23.8 Å². The van der Waals surface area contributed by atoms with E-state index < -0.39 is 6.10 Å². The number of ether oxygens (including phenoxy) is 3. The number of hydrogen-bond donors (Lipinski definition) is 0. The summed E-state index contributed by atoms with van der Waals surface area (Å²) in [5.41, 5.74) is 0. The lowest BCUT2D eigenvalue weighted by Gasteiger charge is -2.18. The topological polar surface area (TPSA) is 61.8 Å². The molecular weight excluding hydrogens is 741 g/mol. The van der Waals surface area contributed by atoms with E-state index in [2.05, 4.69) is 154 Å². The maximum Gasteiger partial charge on any atom is 0.306 e. The Balaban J connectivity index is 4.47. The molecule has 0 amide bonds. The third-order valence-electron chi connectivity index (χ3n) is 9.16. The molecule has 0 bridgehead atoms. The normalized spacial score (nSPS) is 13.4. The Morgan fingerprint density at radius 1 is 0.367 bits per heavy atom. The van der Waals surface area contributed by atoms with E-state index in [9.17, 15) is 9.59 Å². The highest BCUT2D eigenvalue weighted by molar-refractivity contribution is 5.70. The highest BCUT2D eigenvalue weighted by Crippen LogP contribution is 2.10. The van der Waals surface area contributed by atoms with Crippen molar-refractivity contribution >= 4 is 11.9 Å². The van der Waals surface area contributed by atoms with Crippen LogP contribution < -0.4 is 0 Å². The lowest BCUT2D eigenvalue weighted by molar-refractivity contribution is -0.163. The van der Waals surface area contributed by atoms with E-state index in [1.54, 1.807) is 0 Å². The molecule has 60 heavy (non-hydrogen) atoms. The molecule has 0 aromatic rings. The Bertz CT molecular complexity index is 1300. The van der Waals surface area contributed by atoms with E-state index in [4.69, 9.17) is 14.2 Å². The molecule has 0 aromatic carbocycles. The molecule has 5 heteroatoms. The van der Waals surface area contributed by atoms with Gasteiger partial charge in [-0.2, -0.15) is 0 Å². The van der Waals surface area contributed by atoms with Gasteiger partial charge in [-0.05, 0) is 128 Å². The summed E-state index contributed by atoms with van der Waals surface area (Å²) in [4.78, 5) is 25.3. The summed E-state index contributed by atoms with van der Waals surface area (Å²) in [6.45, 7) is 7.28. The average Bonchev–Trinajstić information content (AvgIpc) is 3.25. The van der Waals surface area contributed by atoms with E-state index >= 15 is 0 Å². The van der Waals surface area contributed by atoms with Crippen LogP contribution in [0, 0.1) is 0 Å². The smallest absolute Gasteiger partial charge is 0.306 e. The number of carbonyl (C=O) groups is 2. The van der Waals surface area contributed by atoms with Crippen LogP contribution in [-0.4, -0.2) is 37.9 Å². The van der Waals surface area contributed by atoms with Crippen LogP contribution in [0.4, 0.5) is 0 Å². The largest absolute Gasteiger partial charge is 0.462 e. The van der Waals surface area contributed by atoms with E-state index in [1.165, 1.54) is 0 Å². The van der Waals surface area contributed by atoms with Crippen LogP contribution >= 0.6 is 0 Å². The van der Waals surface area contributed by atoms with Crippen molar-refractivity contribution in [2.45, 2.75) is 181 Å². The van der Waals surface area contributed by atoms with Gasteiger partial charge in [-0.1, -0.05) is 167 Å². The number of allylic oxidation sites excluding steroid dienone is 22. The van der Waals surface area contributed by atoms with E-state index in [1.807, 2.05) is 0 Å². The van der Waals surface area contributed by atoms with Crippen molar-refractivity contribution in [1.82, 2.24) is 0 Å². The van der Waals surface area contributed by atoms with Crippen molar-refractivity contribution < 1.29 is 23.8 Å². The van der Waals surface area contributed by atoms with Crippen molar-refractivity contribution in [2.24, 2.45) is 0 Å². The Morgan fingerprint density at radius 3 is 1.08 bits per heavy atom. The molecular formula is C55H86O5. The third kappa shape index (κ3) is 46.7. The molecule has 0 heterocycles. The minimum atomic E-state index is -0.595. The van der Waals surface area contributed by atoms with Gasteiger partial charge in [-0.25, -0.2) is 0 Å². The molecule has 1 unspecified atom stereocenters. The highest BCUT2D eigenvalue weighted by atomic mass is 16.6. The lowest BCUT2D eigenvalue weighted by atomic mass is 10.1. The second-order valence-electron chi connectivity index (χ2n) is 14.9. The fraction of sp³-hybridized carbons (Fsp3) is 0.564. The predicted molar refractivity (Wildman–Crippen MR) is 260 cm³/mol.